The number of sulfone groups is 1. The molecular weight excluding hydrogens is 302 g/mol. The van der Waals surface area contributed by atoms with Gasteiger partial charge >= 0.3 is 11.7 Å². The molecule has 0 amide bonds. The van der Waals surface area contributed by atoms with E-state index in [1.54, 1.807) is 6.92 Å². The maximum absolute atomic E-state index is 11.6. The van der Waals surface area contributed by atoms with Gasteiger partial charge in [0, 0.05) is 18.7 Å². The van der Waals surface area contributed by atoms with E-state index in [9.17, 15) is 23.3 Å². The number of rotatable bonds is 3. The van der Waals surface area contributed by atoms with E-state index < -0.39 is 26.8 Å². The average molecular weight is 315 g/mol. The molecule has 0 bridgehead atoms. The van der Waals surface area contributed by atoms with Crippen LogP contribution in [0.3, 0.4) is 0 Å². The molecule has 0 spiro atoms. The Balaban J connectivity index is 2.48. The Kier molecular flexibility index (Phi) is 3.81. The van der Waals surface area contributed by atoms with Crippen molar-refractivity contribution < 1.29 is 23.2 Å². The molecule has 1 N–H and O–H groups in total. The van der Waals surface area contributed by atoms with Crippen LogP contribution in [-0.2, 0) is 9.84 Å². The fourth-order valence-corrected chi connectivity index (χ4v) is 3.78. The first-order valence-electron chi connectivity index (χ1n) is 6.07. The highest BCUT2D eigenvalue weighted by Gasteiger charge is 2.33. The van der Waals surface area contributed by atoms with E-state index >= 15 is 0 Å². The monoisotopic (exact) mass is 315 g/mol. The second-order valence-corrected chi connectivity index (χ2v) is 6.99. The highest BCUT2D eigenvalue weighted by Crippen LogP contribution is 2.29. The van der Waals surface area contributed by atoms with Crippen LogP contribution in [-0.4, -0.2) is 53.5 Å². The molecule has 1 aliphatic rings. The van der Waals surface area contributed by atoms with Gasteiger partial charge in [-0.25, -0.2) is 18.2 Å². The number of aromatic nitrogens is 1. The SMILES string of the molecule is CC1CS(=O)(=O)CCN1c1nc(C(=O)O)ccc1[N+](=O)[O-]. The number of nitrogens with zero attached hydrogens (tertiary/aromatic N) is 3. The van der Waals surface area contributed by atoms with Crippen molar-refractivity contribution >= 4 is 27.3 Å². The normalized spacial score (nSPS) is 21.0. The van der Waals surface area contributed by atoms with E-state index in [0.29, 0.717) is 0 Å². The Bertz CT molecular complexity index is 702. The first-order valence-corrected chi connectivity index (χ1v) is 7.89. The summed E-state index contributed by atoms with van der Waals surface area (Å²) in [6.45, 7) is 1.65. The Morgan fingerprint density at radius 2 is 2.19 bits per heavy atom. The first kappa shape index (κ1) is 15.2. The van der Waals surface area contributed by atoms with Gasteiger partial charge in [-0.05, 0) is 13.0 Å². The number of carboxylic acid groups (broad SMARTS) is 1. The van der Waals surface area contributed by atoms with Gasteiger partial charge in [-0.3, -0.25) is 10.1 Å². The predicted molar refractivity (Wildman–Crippen MR) is 73.3 cm³/mol. The average Bonchev–Trinajstić information content (AvgIpc) is 2.36. The van der Waals surface area contributed by atoms with Crippen molar-refractivity contribution in [3.63, 3.8) is 0 Å². The Morgan fingerprint density at radius 3 is 2.71 bits per heavy atom. The first-order chi connectivity index (χ1) is 9.71. The number of anilines is 1. The molecule has 1 unspecified atom stereocenters. The minimum absolute atomic E-state index is 0.0421. The molecule has 114 valence electrons. The molecule has 1 saturated heterocycles. The summed E-state index contributed by atoms with van der Waals surface area (Å²) < 4.78 is 23.1. The number of hydrogen-bond acceptors (Lipinski definition) is 7. The van der Waals surface area contributed by atoms with Crippen molar-refractivity contribution in [1.29, 1.82) is 0 Å². The largest absolute Gasteiger partial charge is 0.477 e. The summed E-state index contributed by atoms with van der Waals surface area (Å²) >= 11 is 0. The van der Waals surface area contributed by atoms with Crippen LogP contribution in [0.15, 0.2) is 12.1 Å². The lowest BCUT2D eigenvalue weighted by molar-refractivity contribution is -0.384. The maximum atomic E-state index is 11.6. The second-order valence-electron chi connectivity index (χ2n) is 4.76. The standard InChI is InChI=1S/C11H13N3O6S/c1-7-6-21(19,20)5-4-13(7)10-9(14(17)18)3-2-8(12-10)11(15)16/h2-3,7H,4-6H2,1H3,(H,15,16). The molecule has 0 radical (unpaired) electrons. The van der Waals surface area contributed by atoms with Gasteiger partial charge in [-0.15, -0.1) is 0 Å². The van der Waals surface area contributed by atoms with E-state index in [0.717, 1.165) is 12.1 Å². The minimum atomic E-state index is -3.19. The van der Waals surface area contributed by atoms with E-state index in [1.807, 2.05) is 0 Å². The summed E-state index contributed by atoms with van der Waals surface area (Å²) in [5, 5.41) is 20.0. The molecule has 10 heteroatoms. The van der Waals surface area contributed by atoms with Crippen LogP contribution in [0, 0.1) is 10.1 Å². The van der Waals surface area contributed by atoms with E-state index in [4.69, 9.17) is 5.11 Å². The van der Waals surface area contributed by atoms with Gasteiger partial charge in [0.15, 0.2) is 15.5 Å². The second kappa shape index (κ2) is 5.28. The quantitative estimate of drug-likeness (QED) is 0.623. The highest BCUT2D eigenvalue weighted by atomic mass is 32.2. The molecule has 0 saturated carbocycles. The van der Waals surface area contributed by atoms with E-state index in [1.165, 1.54) is 4.90 Å². The fourth-order valence-electron chi connectivity index (χ4n) is 2.23. The molecule has 1 fully saturated rings. The van der Waals surface area contributed by atoms with Crippen molar-refractivity contribution in [3.8, 4) is 0 Å². The van der Waals surface area contributed by atoms with Gasteiger partial charge in [0.25, 0.3) is 0 Å². The predicted octanol–water partition coefficient (Wildman–Crippen LogP) is 0.311. The molecule has 1 atom stereocenters. The number of carbonyl (C=O) groups is 1. The van der Waals surface area contributed by atoms with Gasteiger partial charge < -0.3 is 10.0 Å². The van der Waals surface area contributed by atoms with E-state index in [-0.39, 0.29) is 35.2 Å². The third-order valence-electron chi connectivity index (χ3n) is 3.21. The van der Waals surface area contributed by atoms with E-state index in [2.05, 4.69) is 4.98 Å². The van der Waals surface area contributed by atoms with Gasteiger partial charge in [0.1, 0.15) is 0 Å². The van der Waals surface area contributed by atoms with Crippen molar-refractivity contribution in [2.45, 2.75) is 13.0 Å². The van der Waals surface area contributed by atoms with Crippen LogP contribution < -0.4 is 4.90 Å². The number of pyridine rings is 1. The smallest absolute Gasteiger partial charge is 0.354 e. The van der Waals surface area contributed by atoms with Crippen molar-refractivity contribution in [1.82, 2.24) is 4.98 Å². The summed E-state index contributed by atoms with van der Waals surface area (Å²) in [5.74, 6) is -1.71. The number of aromatic carboxylic acids is 1. The molecule has 2 heterocycles. The van der Waals surface area contributed by atoms with Crippen molar-refractivity contribution in [2.24, 2.45) is 0 Å². The van der Waals surface area contributed by atoms with Crippen LogP contribution in [0.25, 0.3) is 0 Å². The fraction of sp³-hybridized carbons (Fsp3) is 0.455. The highest BCUT2D eigenvalue weighted by molar-refractivity contribution is 7.91. The Morgan fingerprint density at radius 1 is 1.52 bits per heavy atom. The summed E-state index contributed by atoms with van der Waals surface area (Å²) in [6, 6.07) is 1.61. The Hall–Kier alpha value is -2.23. The topological polar surface area (TPSA) is 131 Å². The zero-order valence-electron chi connectivity index (χ0n) is 11.1. The zero-order chi connectivity index (χ0) is 15.8. The molecule has 9 nitrogen and oxygen atoms in total. The lowest BCUT2D eigenvalue weighted by Crippen LogP contribution is -2.47. The molecule has 1 aromatic rings. The molecule has 1 aromatic heterocycles. The molecule has 21 heavy (non-hydrogen) atoms. The lowest BCUT2D eigenvalue weighted by atomic mass is 10.2. The molecule has 1 aliphatic heterocycles. The zero-order valence-corrected chi connectivity index (χ0v) is 11.9. The third kappa shape index (κ3) is 3.10. The van der Waals surface area contributed by atoms with Crippen LogP contribution >= 0.6 is 0 Å². The summed E-state index contributed by atoms with van der Waals surface area (Å²) in [7, 11) is -3.19. The lowest BCUT2D eigenvalue weighted by Gasteiger charge is -2.33. The van der Waals surface area contributed by atoms with Crippen molar-refractivity contribution in [3.05, 3.63) is 27.9 Å². The number of nitro groups is 1. The van der Waals surface area contributed by atoms with Gasteiger partial charge in [0.05, 0.1) is 16.4 Å². The molecular formula is C11H13N3O6S. The minimum Gasteiger partial charge on any atom is -0.477 e. The molecule has 0 aromatic carbocycles. The summed E-state index contributed by atoms with van der Waals surface area (Å²) in [5.41, 5.74) is -0.664. The summed E-state index contributed by atoms with van der Waals surface area (Å²) in [6.07, 6.45) is 0. The van der Waals surface area contributed by atoms with Gasteiger partial charge in [0.2, 0.25) is 5.82 Å². The maximum Gasteiger partial charge on any atom is 0.354 e. The van der Waals surface area contributed by atoms with Crippen LogP contribution in [0.4, 0.5) is 11.5 Å². The van der Waals surface area contributed by atoms with Crippen LogP contribution in [0.5, 0.6) is 0 Å². The summed E-state index contributed by atoms with van der Waals surface area (Å²) in [4.78, 5) is 26.6. The Labute approximate surface area is 120 Å². The molecule has 2 rings (SSSR count). The third-order valence-corrected chi connectivity index (χ3v) is 5.01. The van der Waals surface area contributed by atoms with Crippen LogP contribution in [0.2, 0.25) is 0 Å². The number of carboxylic acids is 1. The number of hydrogen-bond donors (Lipinski definition) is 1. The molecule has 0 aliphatic carbocycles. The van der Waals surface area contributed by atoms with Gasteiger partial charge in [-0.1, -0.05) is 0 Å². The van der Waals surface area contributed by atoms with Crippen LogP contribution in [0.1, 0.15) is 17.4 Å². The van der Waals surface area contributed by atoms with Crippen molar-refractivity contribution in [2.75, 3.05) is 23.0 Å². The van der Waals surface area contributed by atoms with Gasteiger partial charge in [-0.2, -0.15) is 0 Å².